The van der Waals surface area contributed by atoms with Gasteiger partial charge in [0.2, 0.25) is 15.9 Å². The lowest BCUT2D eigenvalue weighted by atomic mass is 9.92. The number of hydrogen-bond acceptors (Lipinski definition) is 5. The van der Waals surface area contributed by atoms with Crippen LogP contribution < -0.4 is 5.32 Å². The predicted octanol–water partition coefficient (Wildman–Crippen LogP) is 3.55. The van der Waals surface area contributed by atoms with Crippen LogP contribution in [-0.2, 0) is 27.3 Å². The molecule has 0 unspecified atom stereocenters. The molecule has 0 atom stereocenters. The first-order valence-corrected chi connectivity index (χ1v) is 12.0. The summed E-state index contributed by atoms with van der Waals surface area (Å²) in [6.07, 6.45) is 1.57. The maximum atomic E-state index is 13.6. The van der Waals surface area contributed by atoms with Gasteiger partial charge in [-0.25, -0.2) is 8.42 Å². The summed E-state index contributed by atoms with van der Waals surface area (Å²) >= 11 is 0. The van der Waals surface area contributed by atoms with Crippen molar-refractivity contribution in [2.75, 3.05) is 18.4 Å². The van der Waals surface area contributed by atoms with E-state index in [0.29, 0.717) is 11.3 Å². The molecular formula is C23H31N5O3S. The maximum Gasteiger partial charge on any atom is 0.245 e. The number of hydrogen-bond donors (Lipinski definition) is 1. The van der Waals surface area contributed by atoms with E-state index >= 15 is 0 Å². The van der Waals surface area contributed by atoms with Crippen LogP contribution in [0.5, 0.6) is 0 Å². The molecule has 172 valence electrons. The summed E-state index contributed by atoms with van der Waals surface area (Å²) in [6, 6.07) is 10.4. The van der Waals surface area contributed by atoms with E-state index in [9.17, 15) is 13.2 Å². The van der Waals surface area contributed by atoms with Gasteiger partial charge in [0.1, 0.15) is 10.7 Å². The fourth-order valence-electron chi connectivity index (χ4n) is 3.37. The number of fused-ring (bicyclic) bond motifs is 1. The fraction of sp³-hybridized carbons (Fsp3) is 0.435. The molecule has 8 nitrogen and oxygen atoms in total. The molecular weight excluding hydrogens is 426 g/mol. The third-order valence-corrected chi connectivity index (χ3v) is 6.86. The zero-order valence-corrected chi connectivity index (χ0v) is 20.3. The van der Waals surface area contributed by atoms with Gasteiger partial charge in [-0.1, -0.05) is 52.8 Å². The number of benzene rings is 1. The maximum absolute atomic E-state index is 13.6. The number of nitrogens with zero attached hydrogens (tertiary/aromatic N) is 4. The van der Waals surface area contributed by atoms with Crippen LogP contribution in [0.25, 0.3) is 10.9 Å². The van der Waals surface area contributed by atoms with Crippen LogP contribution in [0.1, 0.15) is 40.3 Å². The molecule has 3 aromatic rings. The van der Waals surface area contributed by atoms with Gasteiger partial charge < -0.3 is 5.32 Å². The first-order valence-electron chi connectivity index (χ1n) is 10.6. The quantitative estimate of drug-likeness (QED) is 0.585. The van der Waals surface area contributed by atoms with E-state index in [2.05, 4.69) is 15.4 Å². The van der Waals surface area contributed by atoms with Crippen molar-refractivity contribution in [1.82, 2.24) is 19.1 Å². The molecule has 0 aliphatic rings. The molecule has 0 fully saturated rings. The van der Waals surface area contributed by atoms with Crippen molar-refractivity contribution in [3.63, 3.8) is 0 Å². The molecule has 0 saturated carbocycles. The first-order chi connectivity index (χ1) is 14.9. The van der Waals surface area contributed by atoms with E-state index in [1.54, 1.807) is 30.1 Å². The van der Waals surface area contributed by atoms with Gasteiger partial charge in [-0.15, -0.1) is 0 Å². The summed E-state index contributed by atoms with van der Waals surface area (Å²) < 4.78 is 29.9. The summed E-state index contributed by atoms with van der Waals surface area (Å²) in [5.74, 6) is 0.129. The summed E-state index contributed by atoms with van der Waals surface area (Å²) in [5, 5.41) is 7.99. The highest BCUT2D eigenvalue weighted by atomic mass is 32.2. The Hall–Kier alpha value is -2.78. The number of pyridine rings is 1. The van der Waals surface area contributed by atoms with Crippen molar-refractivity contribution < 1.29 is 13.2 Å². The minimum absolute atomic E-state index is 0.0321. The number of amides is 1. The molecule has 1 amide bonds. The molecule has 2 aromatic heterocycles. The molecule has 3 rings (SSSR count). The Labute approximate surface area is 189 Å². The fourth-order valence-corrected chi connectivity index (χ4v) is 5.10. The SMILES string of the molecule is CC(C)CN(CC(=O)Nc1cc(C(C)(C)C)nn1C)S(=O)(=O)c1cccc2cccnc12. The smallest absolute Gasteiger partial charge is 0.245 e. The standard InChI is InChI=1S/C23H31N5O3S/c1-16(2)14-28(15-21(29)25-20-13-19(23(3,4)5)26-27(20)6)32(30,31)18-11-7-9-17-10-8-12-24-22(17)18/h7-13,16H,14-15H2,1-6H3,(H,25,29). The Kier molecular flexibility index (Phi) is 6.71. The number of sulfonamides is 1. The Bertz CT molecular complexity index is 1220. The lowest BCUT2D eigenvalue weighted by molar-refractivity contribution is -0.116. The number of carbonyl (C=O) groups is 1. The Balaban J connectivity index is 1.90. The number of anilines is 1. The number of aromatic nitrogens is 3. The number of aryl methyl sites for hydroxylation is 1. The van der Waals surface area contributed by atoms with Crippen molar-refractivity contribution in [3.8, 4) is 0 Å². The van der Waals surface area contributed by atoms with Gasteiger partial charge in [0.05, 0.1) is 17.8 Å². The Morgan fingerprint density at radius 3 is 2.50 bits per heavy atom. The molecule has 0 saturated heterocycles. The van der Waals surface area contributed by atoms with E-state index in [4.69, 9.17) is 0 Å². The largest absolute Gasteiger partial charge is 0.310 e. The second-order valence-corrected chi connectivity index (χ2v) is 11.3. The molecule has 1 aromatic carbocycles. The van der Waals surface area contributed by atoms with Crippen molar-refractivity contribution in [3.05, 3.63) is 48.3 Å². The molecule has 0 bridgehead atoms. The average molecular weight is 458 g/mol. The van der Waals surface area contributed by atoms with E-state index in [1.807, 2.05) is 52.8 Å². The van der Waals surface area contributed by atoms with Crippen LogP contribution >= 0.6 is 0 Å². The van der Waals surface area contributed by atoms with Crippen LogP contribution in [0, 0.1) is 5.92 Å². The molecule has 9 heteroatoms. The molecule has 0 spiro atoms. The molecule has 0 aliphatic heterocycles. The summed E-state index contributed by atoms with van der Waals surface area (Å²) in [6.45, 7) is 9.84. The van der Waals surface area contributed by atoms with Crippen LogP contribution in [0.3, 0.4) is 0 Å². The minimum atomic E-state index is -3.95. The van der Waals surface area contributed by atoms with Gasteiger partial charge in [0.15, 0.2) is 0 Å². The van der Waals surface area contributed by atoms with Gasteiger partial charge in [-0.2, -0.15) is 9.40 Å². The Morgan fingerprint density at radius 2 is 1.88 bits per heavy atom. The van der Waals surface area contributed by atoms with E-state index in [1.165, 1.54) is 10.4 Å². The lowest BCUT2D eigenvalue weighted by Gasteiger charge is -2.24. The molecule has 1 N–H and O–H groups in total. The zero-order chi connectivity index (χ0) is 23.7. The molecule has 2 heterocycles. The van der Waals surface area contributed by atoms with Gasteiger partial charge in [0.25, 0.3) is 0 Å². The number of rotatable bonds is 7. The highest BCUT2D eigenvalue weighted by Crippen LogP contribution is 2.26. The van der Waals surface area contributed by atoms with Crippen LogP contribution in [0.15, 0.2) is 47.5 Å². The van der Waals surface area contributed by atoms with E-state index in [-0.39, 0.29) is 29.3 Å². The highest BCUT2D eigenvalue weighted by Gasteiger charge is 2.30. The van der Waals surface area contributed by atoms with Crippen molar-refractivity contribution >= 4 is 32.7 Å². The van der Waals surface area contributed by atoms with Gasteiger partial charge in [0, 0.05) is 36.7 Å². The van der Waals surface area contributed by atoms with E-state index < -0.39 is 15.9 Å². The van der Waals surface area contributed by atoms with Crippen molar-refractivity contribution in [2.24, 2.45) is 13.0 Å². The van der Waals surface area contributed by atoms with Crippen molar-refractivity contribution in [2.45, 2.75) is 44.9 Å². The first kappa shape index (κ1) is 23.9. The van der Waals surface area contributed by atoms with Gasteiger partial charge in [-0.3, -0.25) is 14.5 Å². The Morgan fingerprint density at radius 1 is 1.19 bits per heavy atom. The van der Waals surface area contributed by atoms with Crippen molar-refractivity contribution in [1.29, 1.82) is 0 Å². The summed E-state index contributed by atoms with van der Waals surface area (Å²) in [5.41, 5.74) is 1.06. The average Bonchev–Trinajstić information content (AvgIpc) is 3.07. The number of para-hydroxylation sites is 1. The highest BCUT2D eigenvalue weighted by molar-refractivity contribution is 7.89. The normalized spacial score (nSPS) is 12.6. The molecule has 32 heavy (non-hydrogen) atoms. The third kappa shape index (κ3) is 5.16. The van der Waals surface area contributed by atoms with Gasteiger partial charge >= 0.3 is 0 Å². The van der Waals surface area contributed by atoms with E-state index in [0.717, 1.165) is 11.1 Å². The number of carbonyl (C=O) groups excluding carboxylic acids is 1. The van der Waals surface area contributed by atoms with Gasteiger partial charge in [-0.05, 0) is 18.1 Å². The van der Waals surface area contributed by atoms with Crippen LogP contribution in [0.4, 0.5) is 5.82 Å². The predicted molar refractivity (Wildman–Crippen MR) is 126 cm³/mol. The summed E-state index contributed by atoms with van der Waals surface area (Å²) in [7, 11) is -2.21. The molecule has 0 radical (unpaired) electrons. The summed E-state index contributed by atoms with van der Waals surface area (Å²) in [4.78, 5) is 17.3. The molecule has 0 aliphatic carbocycles. The second-order valence-electron chi connectivity index (χ2n) is 9.36. The monoisotopic (exact) mass is 457 g/mol. The third-order valence-electron chi connectivity index (χ3n) is 5.02. The minimum Gasteiger partial charge on any atom is -0.310 e. The number of nitrogens with one attached hydrogen (secondary N) is 1. The van der Waals surface area contributed by atoms with Crippen LogP contribution in [-0.4, -0.2) is 46.5 Å². The van der Waals surface area contributed by atoms with Crippen LogP contribution in [0.2, 0.25) is 0 Å². The topological polar surface area (TPSA) is 97.2 Å². The second kappa shape index (κ2) is 8.99. The lowest BCUT2D eigenvalue weighted by Crippen LogP contribution is -2.40. The zero-order valence-electron chi connectivity index (χ0n) is 19.5.